The molecule has 5 unspecified atom stereocenters. The lowest BCUT2D eigenvalue weighted by Crippen LogP contribution is -2.65. The number of benzene rings is 2. The van der Waals surface area contributed by atoms with Crippen LogP contribution in [0.1, 0.15) is 16.1 Å². The molecule has 1 fully saturated rings. The van der Waals surface area contributed by atoms with Crippen molar-refractivity contribution < 1.29 is 61.8 Å². The van der Waals surface area contributed by atoms with Gasteiger partial charge in [-0.15, -0.1) is 0 Å². The van der Waals surface area contributed by atoms with Gasteiger partial charge in [0.1, 0.15) is 41.3 Å². The van der Waals surface area contributed by atoms with Crippen molar-refractivity contribution in [2.75, 3.05) is 17.3 Å². The Morgan fingerprint density at radius 3 is 2.31 bits per heavy atom. The number of alkyl halides is 3. The number of carbonyl (C=O) groups is 3. The summed E-state index contributed by atoms with van der Waals surface area (Å²) in [6, 6.07) is 6.30. The first-order valence-electron chi connectivity index (χ1n) is 12.7. The van der Waals surface area contributed by atoms with Gasteiger partial charge in [0.25, 0.3) is 5.91 Å². The van der Waals surface area contributed by atoms with Crippen LogP contribution in [0.25, 0.3) is 0 Å². The lowest BCUT2D eigenvalue weighted by Gasteiger charge is -2.43. The van der Waals surface area contributed by atoms with Crippen LogP contribution in [0, 0.1) is 5.82 Å². The molecule has 0 radical (unpaired) electrons. The third-order valence-electron chi connectivity index (χ3n) is 6.45. The minimum absolute atomic E-state index is 0.00483. The smallest absolute Gasteiger partial charge is 0.417 e. The molecule has 1 aliphatic heterocycles. The first-order valence-corrected chi connectivity index (χ1v) is 13.0. The van der Waals surface area contributed by atoms with Crippen LogP contribution in [-0.4, -0.2) is 81.0 Å². The van der Waals surface area contributed by atoms with Gasteiger partial charge < -0.3 is 40.5 Å². The molecule has 4 rings (SSSR count). The highest BCUT2D eigenvalue weighted by molar-refractivity contribution is 6.31. The number of carbonyl (C=O) groups excluding carboxylic acids is 2. The molecule has 0 spiro atoms. The Bertz CT molecular complexity index is 1610. The van der Waals surface area contributed by atoms with E-state index in [9.17, 15) is 48.0 Å². The number of ether oxygens (including phenoxy) is 2. The van der Waals surface area contributed by atoms with Crippen molar-refractivity contribution in [1.29, 1.82) is 0 Å². The minimum atomic E-state index is -5.03. The van der Waals surface area contributed by atoms with E-state index in [1.165, 1.54) is 31.4 Å². The Labute approximate surface area is 255 Å². The van der Waals surface area contributed by atoms with Gasteiger partial charge in [-0.25, -0.2) is 14.0 Å². The van der Waals surface area contributed by atoms with Crippen LogP contribution in [0.4, 0.5) is 33.7 Å². The third-order valence-corrected chi connectivity index (χ3v) is 6.78. The summed E-state index contributed by atoms with van der Waals surface area (Å²) in [4.78, 5) is 41.1. The molecule has 0 bridgehead atoms. The molecule has 3 aromatic rings. The molecule has 13 nitrogen and oxygen atoms in total. The Hall–Kier alpha value is -4.55. The number of aliphatic hydroxyl groups is 3. The zero-order valence-corrected chi connectivity index (χ0v) is 23.5. The molecule has 1 aromatic heterocycles. The summed E-state index contributed by atoms with van der Waals surface area (Å²) in [5, 5.41) is 44.1. The molecule has 6 N–H and O–H groups in total. The number of carboxylic acid groups (broad SMARTS) is 1. The number of anilines is 2. The van der Waals surface area contributed by atoms with Crippen LogP contribution in [0.5, 0.6) is 11.5 Å². The lowest BCUT2D eigenvalue weighted by atomic mass is 9.97. The van der Waals surface area contributed by atoms with Gasteiger partial charge in [-0.2, -0.15) is 13.2 Å². The predicted molar refractivity (Wildman–Crippen MR) is 146 cm³/mol. The van der Waals surface area contributed by atoms with Crippen molar-refractivity contribution in [1.82, 2.24) is 10.3 Å². The summed E-state index contributed by atoms with van der Waals surface area (Å²) in [5.41, 5.74) is -2.64. The van der Waals surface area contributed by atoms with Crippen molar-refractivity contribution in [3.63, 3.8) is 0 Å². The fourth-order valence-corrected chi connectivity index (χ4v) is 4.46. The third kappa shape index (κ3) is 7.23. The number of carboxylic acids is 1. The molecule has 240 valence electrons. The second kappa shape index (κ2) is 13.2. The number of halogens is 5. The number of amides is 3. The summed E-state index contributed by atoms with van der Waals surface area (Å²) in [6.45, 7) is 0. The van der Waals surface area contributed by atoms with Gasteiger partial charge in [-0.05, 0) is 36.4 Å². The summed E-state index contributed by atoms with van der Waals surface area (Å²) in [6.07, 6.45) is -14.9. The van der Waals surface area contributed by atoms with Crippen molar-refractivity contribution >= 4 is 40.9 Å². The summed E-state index contributed by atoms with van der Waals surface area (Å²) in [5.74, 6) is -3.45. The number of nitrogens with zero attached hydrogens (tertiary/aromatic N) is 2. The maximum absolute atomic E-state index is 15.1. The zero-order chi connectivity index (χ0) is 33.2. The largest absolute Gasteiger partial charge is 0.479 e. The molecule has 45 heavy (non-hydrogen) atoms. The summed E-state index contributed by atoms with van der Waals surface area (Å²) >= 11 is 5.69. The quantitative estimate of drug-likeness (QED) is 0.206. The topological polar surface area (TPSA) is 191 Å². The number of aliphatic hydroxyl groups excluding tert-OH is 3. The molecule has 1 aliphatic rings. The fraction of sp³-hybridized carbons (Fsp3) is 0.259. The van der Waals surface area contributed by atoms with Crippen LogP contribution < -0.4 is 20.3 Å². The van der Waals surface area contributed by atoms with Crippen molar-refractivity contribution in [2.45, 2.75) is 36.8 Å². The van der Waals surface area contributed by atoms with Gasteiger partial charge in [-0.1, -0.05) is 11.6 Å². The van der Waals surface area contributed by atoms with E-state index < -0.39 is 82.5 Å². The molecule has 0 saturated carbocycles. The molecular formula is C27H23ClF4N4O9. The monoisotopic (exact) mass is 658 g/mol. The zero-order valence-electron chi connectivity index (χ0n) is 22.7. The molecule has 18 heteroatoms. The number of hydrogen-bond donors (Lipinski definition) is 6. The molecule has 5 atom stereocenters. The average Bonchev–Trinajstić information content (AvgIpc) is 2.98. The second-order valence-corrected chi connectivity index (χ2v) is 9.83. The van der Waals surface area contributed by atoms with Gasteiger partial charge in [0.15, 0.2) is 12.3 Å². The van der Waals surface area contributed by atoms with E-state index in [0.29, 0.717) is 11.0 Å². The first-order chi connectivity index (χ1) is 21.1. The molecular weight excluding hydrogens is 636 g/mol. The molecule has 2 aromatic carbocycles. The summed E-state index contributed by atoms with van der Waals surface area (Å²) < 4.78 is 66.8. The Kier molecular flexibility index (Phi) is 9.79. The highest BCUT2D eigenvalue weighted by Gasteiger charge is 2.50. The van der Waals surface area contributed by atoms with E-state index in [2.05, 4.69) is 15.6 Å². The number of urea groups is 1. The molecule has 0 aliphatic carbocycles. The average molecular weight is 659 g/mol. The standard InChI is InChI=1S/C27H23ClF4N4O9/c1-33-23(40)18-10-13(6-7-34-18)44-12-3-5-17(16(29)9-12)35-26(43)36(11-2-4-15(28)14(8-11)27(30,31)32)24-21(39)19(37)20(38)22(45-24)25(41)42/h2-10,19-22,24,37-39H,1H3,(H,33,40)(H,35,43)(H,41,42). The maximum Gasteiger partial charge on any atom is 0.417 e. The Morgan fingerprint density at radius 2 is 1.69 bits per heavy atom. The molecule has 2 heterocycles. The second-order valence-electron chi connectivity index (χ2n) is 9.42. The van der Waals surface area contributed by atoms with Gasteiger partial charge in [0, 0.05) is 31.1 Å². The van der Waals surface area contributed by atoms with E-state index in [-0.39, 0.29) is 17.2 Å². The van der Waals surface area contributed by atoms with Gasteiger partial charge >= 0.3 is 18.2 Å². The Balaban J connectivity index is 1.68. The van der Waals surface area contributed by atoms with E-state index >= 15 is 4.39 Å². The number of aliphatic carboxylic acids is 1. The molecule has 1 saturated heterocycles. The van der Waals surface area contributed by atoms with Crippen LogP contribution in [-0.2, 0) is 15.7 Å². The van der Waals surface area contributed by atoms with E-state index in [4.69, 9.17) is 21.1 Å². The molecule has 3 amide bonds. The first kappa shape index (κ1) is 33.3. The van der Waals surface area contributed by atoms with E-state index in [1.807, 2.05) is 0 Å². The fourth-order valence-electron chi connectivity index (χ4n) is 4.24. The highest BCUT2D eigenvalue weighted by Crippen LogP contribution is 2.39. The van der Waals surface area contributed by atoms with Crippen LogP contribution in [0.3, 0.4) is 0 Å². The Morgan fingerprint density at radius 1 is 1.00 bits per heavy atom. The van der Waals surface area contributed by atoms with Gasteiger partial charge in [0.2, 0.25) is 0 Å². The lowest BCUT2D eigenvalue weighted by molar-refractivity contribution is -0.225. The van der Waals surface area contributed by atoms with Crippen molar-refractivity contribution in [3.8, 4) is 11.5 Å². The maximum atomic E-state index is 15.1. The van der Waals surface area contributed by atoms with Crippen molar-refractivity contribution in [3.05, 3.63) is 76.8 Å². The van der Waals surface area contributed by atoms with Gasteiger partial charge in [-0.3, -0.25) is 14.7 Å². The number of rotatable bonds is 7. The number of hydrogen-bond acceptors (Lipinski definition) is 9. The van der Waals surface area contributed by atoms with Gasteiger partial charge in [0.05, 0.1) is 16.3 Å². The number of nitrogens with one attached hydrogen (secondary N) is 2. The number of pyridine rings is 1. The van der Waals surface area contributed by atoms with E-state index in [0.717, 1.165) is 24.3 Å². The highest BCUT2D eigenvalue weighted by atomic mass is 35.5. The van der Waals surface area contributed by atoms with Crippen molar-refractivity contribution in [2.24, 2.45) is 0 Å². The van der Waals surface area contributed by atoms with Crippen LogP contribution in [0.15, 0.2) is 54.7 Å². The minimum Gasteiger partial charge on any atom is -0.479 e. The SMILES string of the molecule is CNC(=O)c1cc(Oc2ccc(NC(=O)N(c3ccc(Cl)c(C(F)(F)F)c3)C3OC(C(=O)O)C(O)C(O)C3O)c(F)c2)ccn1. The number of aromatic nitrogens is 1. The normalized spacial score (nSPS) is 21.5. The van der Waals surface area contributed by atoms with Crippen LogP contribution >= 0.6 is 11.6 Å². The van der Waals surface area contributed by atoms with E-state index in [1.54, 1.807) is 0 Å². The summed E-state index contributed by atoms with van der Waals surface area (Å²) in [7, 11) is 1.39. The predicted octanol–water partition coefficient (Wildman–Crippen LogP) is 2.98. The van der Waals surface area contributed by atoms with Crippen LogP contribution in [0.2, 0.25) is 5.02 Å².